The molecule has 0 radical (unpaired) electrons. The summed E-state index contributed by atoms with van der Waals surface area (Å²) in [5.41, 5.74) is 4.41. The van der Waals surface area contributed by atoms with Crippen LogP contribution in [0.25, 0.3) is 0 Å². The lowest BCUT2D eigenvalue weighted by atomic mass is 10.1. The molecule has 0 spiro atoms. The van der Waals surface area contributed by atoms with Gasteiger partial charge in [0.25, 0.3) is 0 Å². The number of nitrogens with one attached hydrogen (secondary N) is 1. The Labute approximate surface area is 70.5 Å². The fourth-order valence-corrected chi connectivity index (χ4v) is 1.57. The summed E-state index contributed by atoms with van der Waals surface area (Å²) in [7, 11) is 0. The number of fused-ring (bicyclic) bond motifs is 1. The molecule has 1 atom stereocenters. The normalized spacial score (nSPS) is 21.1. The molecule has 1 aliphatic rings. The third-order valence-corrected chi connectivity index (χ3v) is 2.22. The van der Waals surface area contributed by atoms with E-state index >= 15 is 0 Å². The van der Waals surface area contributed by atoms with Gasteiger partial charge in [0.2, 0.25) is 0 Å². The highest BCUT2D eigenvalue weighted by Gasteiger charge is 2.28. The van der Waals surface area contributed by atoms with E-state index in [1.54, 1.807) is 0 Å². The summed E-state index contributed by atoms with van der Waals surface area (Å²) in [4.78, 5) is 11.5. The van der Waals surface area contributed by atoms with E-state index < -0.39 is 0 Å². The summed E-state index contributed by atoms with van der Waals surface area (Å²) in [6.45, 7) is 0. The minimum absolute atomic E-state index is 0.105. The van der Waals surface area contributed by atoms with Gasteiger partial charge in [0.1, 0.15) is 0 Å². The van der Waals surface area contributed by atoms with Gasteiger partial charge in [-0.05, 0) is 12.0 Å². The Hall–Kier alpha value is -1.19. The second-order valence-electron chi connectivity index (χ2n) is 2.94. The SMILES string of the molecule is NNC1Cc2ccccc2C1=O. The molecule has 0 fully saturated rings. The van der Waals surface area contributed by atoms with Gasteiger partial charge in [0.05, 0.1) is 6.04 Å². The zero-order valence-corrected chi connectivity index (χ0v) is 6.58. The van der Waals surface area contributed by atoms with Gasteiger partial charge in [-0.3, -0.25) is 10.6 Å². The number of carbonyl (C=O) groups excluding carboxylic acids is 1. The molecule has 12 heavy (non-hydrogen) atoms. The monoisotopic (exact) mass is 162 g/mol. The van der Waals surface area contributed by atoms with Crippen LogP contribution in [0, 0.1) is 0 Å². The number of nitrogens with two attached hydrogens (primary N) is 1. The molecule has 62 valence electrons. The first-order chi connectivity index (χ1) is 5.83. The number of hydrogen-bond acceptors (Lipinski definition) is 3. The minimum atomic E-state index is -0.220. The zero-order valence-electron chi connectivity index (χ0n) is 6.58. The van der Waals surface area contributed by atoms with Crippen LogP contribution in [-0.2, 0) is 6.42 Å². The molecule has 0 amide bonds. The molecule has 0 saturated heterocycles. The number of carbonyl (C=O) groups is 1. The van der Waals surface area contributed by atoms with E-state index in [4.69, 9.17) is 5.84 Å². The predicted molar refractivity (Wildman–Crippen MR) is 45.6 cm³/mol. The van der Waals surface area contributed by atoms with Crippen LogP contribution in [0.5, 0.6) is 0 Å². The number of Topliss-reactive ketones (excluding diaryl/α,β-unsaturated/α-hetero) is 1. The maximum atomic E-state index is 11.5. The average molecular weight is 162 g/mol. The van der Waals surface area contributed by atoms with Crippen LogP contribution in [0.2, 0.25) is 0 Å². The highest BCUT2D eigenvalue weighted by molar-refractivity contribution is 6.04. The second kappa shape index (κ2) is 2.69. The maximum Gasteiger partial charge on any atom is 0.181 e. The molecule has 0 bridgehead atoms. The molecular formula is C9H10N2O. The first-order valence-corrected chi connectivity index (χ1v) is 3.91. The van der Waals surface area contributed by atoms with Gasteiger partial charge in [0.15, 0.2) is 5.78 Å². The van der Waals surface area contributed by atoms with E-state index in [-0.39, 0.29) is 11.8 Å². The van der Waals surface area contributed by atoms with E-state index in [0.717, 1.165) is 11.1 Å². The molecule has 3 N–H and O–H groups in total. The lowest BCUT2D eigenvalue weighted by molar-refractivity contribution is 0.0958. The van der Waals surface area contributed by atoms with Gasteiger partial charge in [-0.25, -0.2) is 5.43 Å². The minimum Gasteiger partial charge on any atom is -0.292 e. The van der Waals surface area contributed by atoms with Crippen molar-refractivity contribution < 1.29 is 4.79 Å². The van der Waals surface area contributed by atoms with Crippen LogP contribution < -0.4 is 11.3 Å². The van der Waals surface area contributed by atoms with Crippen LogP contribution in [0.1, 0.15) is 15.9 Å². The summed E-state index contributed by atoms with van der Waals surface area (Å²) >= 11 is 0. The van der Waals surface area contributed by atoms with Gasteiger partial charge in [-0.1, -0.05) is 24.3 Å². The summed E-state index contributed by atoms with van der Waals surface area (Å²) in [5, 5.41) is 0. The summed E-state index contributed by atoms with van der Waals surface area (Å²) in [6, 6.07) is 7.39. The Morgan fingerprint density at radius 1 is 1.42 bits per heavy atom. The number of benzene rings is 1. The molecule has 3 heteroatoms. The zero-order chi connectivity index (χ0) is 8.55. The van der Waals surface area contributed by atoms with Crippen molar-refractivity contribution in [3.05, 3.63) is 35.4 Å². The Morgan fingerprint density at radius 2 is 2.17 bits per heavy atom. The fraction of sp³-hybridized carbons (Fsp3) is 0.222. The average Bonchev–Trinajstić information content (AvgIpc) is 2.44. The van der Waals surface area contributed by atoms with E-state index in [1.807, 2.05) is 24.3 Å². The Kier molecular flexibility index (Phi) is 1.67. The standard InChI is InChI=1S/C9H10N2O/c10-11-8-5-6-3-1-2-4-7(6)9(8)12/h1-4,8,11H,5,10H2. The molecule has 0 heterocycles. The van der Waals surface area contributed by atoms with Gasteiger partial charge in [0, 0.05) is 5.56 Å². The highest BCUT2D eigenvalue weighted by Crippen LogP contribution is 2.20. The van der Waals surface area contributed by atoms with Crippen molar-refractivity contribution in [1.29, 1.82) is 0 Å². The van der Waals surface area contributed by atoms with E-state index in [0.29, 0.717) is 6.42 Å². The van der Waals surface area contributed by atoms with Crippen molar-refractivity contribution >= 4 is 5.78 Å². The van der Waals surface area contributed by atoms with Crippen molar-refractivity contribution in [3.8, 4) is 0 Å². The first kappa shape index (κ1) is 7.46. The Bertz CT molecular complexity index is 322. The van der Waals surface area contributed by atoms with Crippen molar-refractivity contribution in [2.75, 3.05) is 0 Å². The topological polar surface area (TPSA) is 55.1 Å². The van der Waals surface area contributed by atoms with Crippen LogP contribution in [0.15, 0.2) is 24.3 Å². The molecule has 3 nitrogen and oxygen atoms in total. The van der Waals surface area contributed by atoms with Gasteiger partial charge in [-0.15, -0.1) is 0 Å². The van der Waals surface area contributed by atoms with E-state index in [9.17, 15) is 4.79 Å². The molecule has 0 aliphatic heterocycles. The molecule has 1 unspecified atom stereocenters. The molecule has 1 aromatic rings. The first-order valence-electron chi connectivity index (χ1n) is 3.91. The molecule has 0 saturated carbocycles. The maximum absolute atomic E-state index is 11.5. The van der Waals surface area contributed by atoms with E-state index in [1.165, 1.54) is 0 Å². The predicted octanol–water partition coefficient (Wildman–Crippen LogP) is 0.257. The lowest BCUT2D eigenvalue weighted by Gasteiger charge is -2.02. The number of ketones is 1. The van der Waals surface area contributed by atoms with Gasteiger partial charge < -0.3 is 0 Å². The van der Waals surface area contributed by atoms with E-state index in [2.05, 4.69) is 5.43 Å². The summed E-state index contributed by atoms with van der Waals surface area (Å²) in [6.07, 6.45) is 0.714. The van der Waals surface area contributed by atoms with Crippen molar-refractivity contribution in [2.24, 2.45) is 5.84 Å². The quantitative estimate of drug-likeness (QED) is 0.460. The molecular weight excluding hydrogens is 152 g/mol. The number of hydrazine groups is 1. The van der Waals surface area contributed by atoms with Crippen molar-refractivity contribution in [1.82, 2.24) is 5.43 Å². The van der Waals surface area contributed by atoms with Crippen LogP contribution >= 0.6 is 0 Å². The Balaban J connectivity index is 2.42. The summed E-state index contributed by atoms with van der Waals surface area (Å²) in [5.74, 6) is 5.34. The van der Waals surface area contributed by atoms with Crippen LogP contribution in [0.4, 0.5) is 0 Å². The molecule has 1 aromatic carbocycles. The van der Waals surface area contributed by atoms with Crippen molar-refractivity contribution in [3.63, 3.8) is 0 Å². The van der Waals surface area contributed by atoms with Crippen LogP contribution in [-0.4, -0.2) is 11.8 Å². The van der Waals surface area contributed by atoms with Crippen molar-refractivity contribution in [2.45, 2.75) is 12.5 Å². The lowest BCUT2D eigenvalue weighted by Crippen LogP contribution is -2.39. The number of rotatable bonds is 1. The molecule has 0 aromatic heterocycles. The molecule has 1 aliphatic carbocycles. The highest BCUT2D eigenvalue weighted by atomic mass is 16.1. The molecule has 2 rings (SSSR count). The van der Waals surface area contributed by atoms with Crippen LogP contribution in [0.3, 0.4) is 0 Å². The number of hydrogen-bond donors (Lipinski definition) is 2. The summed E-state index contributed by atoms with van der Waals surface area (Å²) < 4.78 is 0. The van der Waals surface area contributed by atoms with Gasteiger partial charge in [-0.2, -0.15) is 0 Å². The largest absolute Gasteiger partial charge is 0.292 e. The smallest absolute Gasteiger partial charge is 0.181 e. The second-order valence-corrected chi connectivity index (χ2v) is 2.94. The third kappa shape index (κ3) is 0.948. The Morgan fingerprint density at radius 3 is 2.83 bits per heavy atom. The third-order valence-electron chi connectivity index (χ3n) is 2.22. The fourth-order valence-electron chi connectivity index (χ4n) is 1.57. The van der Waals surface area contributed by atoms with Gasteiger partial charge >= 0.3 is 0 Å².